The van der Waals surface area contributed by atoms with Crippen LogP contribution in [0.1, 0.15) is 29.9 Å². The topological polar surface area (TPSA) is 30.5 Å². The molecule has 0 aromatic heterocycles. The van der Waals surface area contributed by atoms with E-state index in [1.165, 1.54) is 18.4 Å². The minimum atomic E-state index is 0.562. The van der Waals surface area contributed by atoms with E-state index in [-0.39, 0.29) is 0 Å². The highest BCUT2D eigenvalue weighted by Gasteiger charge is 2.17. The van der Waals surface area contributed by atoms with Gasteiger partial charge in [0.05, 0.1) is 7.11 Å². The molecule has 0 saturated carbocycles. The van der Waals surface area contributed by atoms with Gasteiger partial charge in [-0.25, -0.2) is 0 Å². The van der Waals surface area contributed by atoms with Gasteiger partial charge in [0.2, 0.25) is 0 Å². The molecule has 2 aromatic rings. The zero-order valence-corrected chi connectivity index (χ0v) is 13.0. The number of rotatable bonds is 5. The van der Waals surface area contributed by atoms with Crippen molar-refractivity contribution in [3.05, 3.63) is 59.7 Å². The van der Waals surface area contributed by atoms with Crippen LogP contribution >= 0.6 is 0 Å². The van der Waals surface area contributed by atoms with Gasteiger partial charge >= 0.3 is 0 Å². The average Bonchev–Trinajstić information content (AvgIpc) is 2.61. The van der Waals surface area contributed by atoms with Crippen LogP contribution in [0.15, 0.2) is 48.5 Å². The van der Waals surface area contributed by atoms with Crippen molar-refractivity contribution >= 4 is 0 Å². The second kappa shape index (κ2) is 7.32. The summed E-state index contributed by atoms with van der Waals surface area (Å²) in [6.45, 7) is 2.75. The van der Waals surface area contributed by atoms with Gasteiger partial charge in [0.1, 0.15) is 6.61 Å². The molecule has 1 N–H and O–H groups in total. The van der Waals surface area contributed by atoms with Gasteiger partial charge in [0, 0.05) is 0 Å². The first-order valence-corrected chi connectivity index (χ1v) is 7.92. The maximum Gasteiger partial charge on any atom is 0.161 e. The van der Waals surface area contributed by atoms with Crippen LogP contribution in [0.25, 0.3) is 0 Å². The smallest absolute Gasteiger partial charge is 0.161 e. The molecule has 0 atom stereocenters. The largest absolute Gasteiger partial charge is 0.493 e. The van der Waals surface area contributed by atoms with Crippen molar-refractivity contribution in [2.75, 3.05) is 20.2 Å². The van der Waals surface area contributed by atoms with Crippen molar-refractivity contribution < 1.29 is 9.47 Å². The highest BCUT2D eigenvalue weighted by Crippen LogP contribution is 2.34. The number of hydrogen-bond donors (Lipinski definition) is 1. The van der Waals surface area contributed by atoms with E-state index in [1.54, 1.807) is 7.11 Å². The van der Waals surface area contributed by atoms with Crippen molar-refractivity contribution in [1.29, 1.82) is 0 Å². The van der Waals surface area contributed by atoms with Gasteiger partial charge in [-0.1, -0.05) is 36.4 Å². The summed E-state index contributed by atoms with van der Waals surface area (Å²) in [7, 11) is 1.69. The molecule has 3 heteroatoms. The normalized spacial score (nSPS) is 15.5. The Bertz CT molecular complexity index is 592. The average molecular weight is 297 g/mol. The molecule has 3 nitrogen and oxygen atoms in total. The first-order chi connectivity index (χ1) is 10.9. The van der Waals surface area contributed by atoms with E-state index in [1.807, 2.05) is 24.3 Å². The molecule has 0 unspecified atom stereocenters. The quantitative estimate of drug-likeness (QED) is 0.912. The molecule has 116 valence electrons. The molecule has 1 heterocycles. The molecule has 2 aromatic carbocycles. The van der Waals surface area contributed by atoms with Crippen LogP contribution < -0.4 is 14.8 Å². The van der Waals surface area contributed by atoms with Gasteiger partial charge in [0.15, 0.2) is 11.5 Å². The summed E-state index contributed by atoms with van der Waals surface area (Å²) in [6.07, 6.45) is 2.37. The molecule has 1 aliphatic heterocycles. The Morgan fingerprint density at radius 2 is 1.77 bits per heavy atom. The van der Waals surface area contributed by atoms with Crippen molar-refractivity contribution in [2.45, 2.75) is 25.4 Å². The monoisotopic (exact) mass is 297 g/mol. The van der Waals surface area contributed by atoms with Crippen molar-refractivity contribution in [2.24, 2.45) is 0 Å². The molecule has 0 radical (unpaired) electrons. The van der Waals surface area contributed by atoms with Gasteiger partial charge in [-0.2, -0.15) is 0 Å². The summed E-state index contributed by atoms with van der Waals surface area (Å²) >= 11 is 0. The van der Waals surface area contributed by atoms with Gasteiger partial charge < -0.3 is 14.8 Å². The zero-order valence-electron chi connectivity index (χ0n) is 13.0. The Morgan fingerprint density at radius 3 is 2.50 bits per heavy atom. The number of benzene rings is 2. The number of methoxy groups -OCH3 is 1. The third-order valence-corrected chi connectivity index (χ3v) is 4.24. The summed E-state index contributed by atoms with van der Waals surface area (Å²) in [5.74, 6) is 2.25. The third kappa shape index (κ3) is 3.60. The van der Waals surface area contributed by atoms with Crippen molar-refractivity contribution in [3.63, 3.8) is 0 Å². The van der Waals surface area contributed by atoms with E-state index >= 15 is 0 Å². The molecule has 1 aliphatic rings. The maximum atomic E-state index is 6.00. The van der Waals surface area contributed by atoms with E-state index < -0.39 is 0 Å². The highest BCUT2D eigenvalue weighted by atomic mass is 16.5. The zero-order chi connectivity index (χ0) is 15.2. The lowest BCUT2D eigenvalue weighted by Crippen LogP contribution is -2.26. The number of hydrogen-bond acceptors (Lipinski definition) is 3. The molecular formula is C19H23NO2. The molecule has 22 heavy (non-hydrogen) atoms. The second-order valence-electron chi connectivity index (χ2n) is 5.71. The first kappa shape index (κ1) is 14.9. The Labute approximate surface area is 132 Å². The number of nitrogens with one attached hydrogen (secondary N) is 1. The van der Waals surface area contributed by atoms with E-state index in [9.17, 15) is 0 Å². The molecule has 0 aliphatic carbocycles. The van der Waals surface area contributed by atoms with E-state index in [2.05, 4.69) is 29.6 Å². The minimum Gasteiger partial charge on any atom is -0.493 e. The fraction of sp³-hybridized carbons (Fsp3) is 0.368. The number of piperidine rings is 1. The van der Waals surface area contributed by atoms with Gasteiger partial charge in [0.25, 0.3) is 0 Å². The fourth-order valence-corrected chi connectivity index (χ4v) is 2.95. The lowest BCUT2D eigenvalue weighted by molar-refractivity contribution is 0.283. The predicted molar refractivity (Wildman–Crippen MR) is 88.6 cm³/mol. The van der Waals surface area contributed by atoms with Gasteiger partial charge in [-0.05, 0) is 55.1 Å². The molecule has 1 fully saturated rings. The third-order valence-electron chi connectivity index (χ3n) is 4.24. The highest BCUT2D eigenvalue weighted by molar-refractivity contribution is 5.44. The number of ether oxygens (including phenoxy) is 2. The van der Waals surface area contributed by atoms with Crippen LogP contribution in [0.5, 0.6) is 11.5 Å². The lowest BCUT2D eigenvalue weighted by Gasteiger charge is -2.24. The Morgan fingerprint density at radius 1 is 1.00 bits per heavy atom. The Kier molecular flexibility index (Phi) is 4.96. The van der Waals surface area contributed by atoms with E-state index in [0.29, 0.717) is 12.5 Å². The maximum absolute atomic E-state index is 6.00. The first-order valence-electron chi connectivity index (χ1n) is 7.92. The van der Waals surface area contributed by atoms with Crippen LogP contribution in [0, 0.1) is 0 Å². The minimum absolute atomic E-state index is 0.562. The summed E-state index contributed by atoms with van der Waals surface area (Å²) in [5, 5.41) is 3.41. The summed E-state index contributed by atoms with van der Waals surface area (Å²) < 4.78 is 11.4. The van der Waals surface area contributed by atoms with Crippen molar-refractivity contribution in [3.8, 4) is 11.5 Å². The van der Waals surface area contributed by atoms with E-state index in [0.717, 1.165) is 30.2 Å². The molecular weight excluding hydrogens is 274 g/mol. The molecule has 1 saturated heterocycles. The van der Waals surface area contributed by atoms with Crippen LogP contribution in [0.4, 0.5) is 0 Å². The van der Waals surface area contributed by atoms with Gasteiger partial charge in [-0.15, -0.1) is 0 Å². The fourth-order valence-electron chi connectivity index (χ4n) is 2.95. The molecule has 3 rings (SSSR count). The molecule has 0 spiro atoms. The van der Waals surface area contributed by atoms with Crippen LogP contribution in [-0.2, 0) is 6.61 Å². The van der Waals surface area contributed by atoms with Crippen LogP contribution in [0.2, 0.25) is 0 Å². The van der Waals surface area contributed by atoms with Crippen LogP contribution in [0.3, 0.4) is 0 Å². The van der Waals surface area contributed by atoms with Gasteiger partial charge in [-0.3, -0.25) is 0 Å². The van der Waals surface area contributed by atoms with E-state index in [4.69, 9.17) is 9.47 Å². The molecule has 0 bridgehead atoms. The SMILES string of the molecule is COc1ccc(C2CCNCC2)cc1OCc1ccccc1. The van der Waals surface area contributed by atoms with Crippen molar-refractivity contribution in [1.82, 2.24) is 5.32 Å². The Hall–Kier alpha value is -2.00. The Balaban J connectivity index is 1.75. The second-order valence-corrected chi connectivity index (χ2v) is 5.71. The summed E-state index contributed by atoms with van der Waals surface area (Å²) in [4.78, 5) is 0. The predicted octanol–water partition coefficient (Wildman–Crippen LogP) is 3.74. The standard InChI is InChI=1S/C19H23NO2/c1-21-18-8-7-17(16-9-11-20-12-10-16)13-19(18)22-14-15-5-3-2-4-6-15/h2-8,13,16,20H,9-12,14H2,1H3. The molecule has 0 amide bonds. The summed E-state index contributed by atoms with van der Waals surface area (Å²) in [5.41, 5.74) is 2.52. The lowest BCUT2D eigenvalue weighted by atomic mass is 9.90. The van der Waals surface area contributed by atoms with Crippen LogP contribution in [-0.4, -0.2) is 20.2 Å². The summed E-state index contributed by atoms with van der Waals surface area (Å²) in [6, 6.07) is 16.6.